The number of ether oxygens (including phenoxy) is 2. The Morgan fingerprint density at radius 3 is 2.65 bits per heavy atom. The minimum absolute atomic E-state index is 0.191. The van der Waals surface area contributed by atoms with Crippen LogP contribution >= 0.6 is 11.6 Å². The van der Waals surface area contributed by atoms with Gasteiger partial charge in [-0.15, -0.1) is 0 Å². The summed E-state index contributed by atoms with van der Waals surface area (Å²) in [5, 5.41) is 4.83. The lowest BCUT2D eigenvalue weighted by atomic mass is 10.2. The lowest BCUT2D eigenvalue weighted by Crippen LogP contribution is -2.21. The fourth-order valence-electron chi connectivity index (χ4n) is 2.00. The monoisotopic (exact) mass is 375 g/mol. The molecule has 0 aliphatic rings. The summed E-state index contributed by atoms with van der Waals surface area (Å²) in [5.41, 5.74) is 1.01. The summed E-state index contributed by atoms with van der Waals surface area (Å²) in [6.45, 7) is 4.45. The molecule has 6 nitrogen and oxygen atoms in total. The van der Waals surface area contributed by atoms with Gasteiger partial charge in [0.2, 0.25) is 0 Å². The van der Waals surface area contributed by atoms with Crippen LogP contribution in [-0.2, 0) is 16.0 Å². The molecule has 0 saturated carbocycles. The summed E-state index contributed by atoms with van der Waals surface area (Å²) in [5.74, 6) is 5.75. The maximum atomic E-state index is 11.9. The number of hydrogen-bond donors (Lipinski definition) is 0. The van der Waals surface area contributed by atoms with Gasteiger partial charge in [-0.3, -0.25) is 9.78 Å². The quantitative estimate of drug-likeness (QED) is 0.498. The molecular formula is C19H22ClN3O3. The first kappa shape index (κ1) is 20.1. The van der Waals surface area contributed by atoms with Gasteiger partial charge in [-0.25, -0.2) is 4.68 Å². The van der Waals surface area contributed by atoms with Crippen molar-refractivity contribution in [3.8, 4) is 23.2 Å². The van der Waals surface area contributed by atoms with E-state index < -0.39 is 0 Å². The zero-order valence-corrected chi connectivity index (χ0v) is 15.5. The first-order chi connectivity index (χ1) is 12.7. The van der Waals surface area contributed by atoms with Crippen LogP contribution in [0.3, 0.4) is 0 Å². The van der Waals surface area contributed by atoms with Crippen molar-refractivity contribution in [1.82, 2.24) is 14.8 Å². The molecule has 0 aliphatic carbocycles. The van der Waals surface area contributed by atoms with Crippen LogP contribution in [0, 0.1) is 11.8 Å². The molecule has 2 rings (SSSR count). The fourth-order valence-corrected chi connectivity index (χ4v) is 2.11. The Hall–Kier alpha value is -2.20. The highest BCUT2D eigenvalue weighted by Gasteiger charge is 2.04. The van der Waals surface area contributed by atoms with Crippen molar-refractivity contribution in [1.29, 1.82) is 0 Å². The molecule has 26 heavy (non-hydrogen) atoms. The standard InChI is InChI=1S/C19H22ClN3O3/c1-2-3-11-25-13-14-26-12-5-4-10-23-19(24)9-8-18(22-23)17-7-6-16(20)15-21-17/h6-9,15H,2-3,10-14H2,1H3. The van der Waals surface area contributed by atoms with E-state index in [0.29, 0.717) is 36.2 Å². The van der Waals surface area contributed by atoms with Crippen LogP contribution in [0.2, 0.25) is 5.02 Å². The molecule has 0 atom stereocenters. The average Bonchev–Trinajstić information content (AvgIpc) is 2.65. The van der Waals surface area contributed by atoms with E-state index in [1.54, 1.807) is 18.2 Å². The number of rotatable bonds is 9. The third kappa shape index (κ3) is 6.96. The third-order valence-electron chi connectivity index (χ3n) is 3.40. The van der Waals surface area contributed by atoms with Crippen LogP contribution in [0.1, 0.15) is 19.8 Å². The van der Waals surface area contributed by atoms with Crippen LogP contribution in [0.15, 0.2) is 35.3 Å². The number of hydrogen-bond acceptors (Lipinski definition) is 5. The number of unbranched alkanes of at least 4 members (excludes halogenated alkanes) is 1. The van der Waals surface area contributed by atoms with Gasteiger partial charge in [0.1, 0.15) is 18.8 Å². The summed E-state index contributed by atoms with van der Waals surface area (Å²) < 4.78 is 12.0. The van der Waals surface area contributed by atoms with Gasteiger partial charge in [0.05, 0.1) is 23.9 Å². The van der Waals surface area contributed by atoms with Crippen LogP contribution in [0.5, 0.6) is 0 Å². The minimum Gasteiger partial charge on any atom is -0.379 e. The zero-order valence-electron chi connectivity index (χ0n) is 14.8. The summed E-state index contributed by atoms with van der Waals surface area (Å²) in [7, 11) is 0. The molecule has 0 aliphatic heterocycles. The van der Waals surface area contributed by atoms with Gasteiger partial charge in [0.15, 0.2) is 0 Å². The fraction of sp³-hybridized carbons (Fsp3) is 0.421. The summed E-state index contributed by atoms with van der Waals surface area (Å²) in [6.07, 6.45) is 3.72. The largest absolute Gasteiger partial charge is 0.379 e. The maximum Gasteiger partial charge on any atom is 0.267 e. The van der Waals surface area contributed by atoms with Crippen molar-refractivity contribution < 1.29 is 9.47 Å². The van der Waals surface area contributed by atoms with Gasteiger partial charge in [-0.05, 0) is 24.6 Å². The summed E-state index contributed by atoms with van der Waals surface area (Å²) >= 11 is 5.83. The van der Waals surface area contributed by atoms with E-state index in [9.17, 15) is 4.79 Å². The van der Waals surface area contributed by atoms with Crippen LogP contribution in [0.25, 0.3) is 11.4 Å². The van der Waals surface area contributed by atoms with Crippen LogP contribution in [-0.4, -0.2) is 41.2 Å². The lowest BCUT2D eigenvalue weighted by molar-refractivity contribution is 0.0588. The third-order valence-corrected chi connectivity index (χ3v) is 3.62. The highest BCUT2D eigenvalue weighted by atomic mass is 35.5. The Bertz CT molecular complexity index is 794. The Morgan fingerprint density at radius 2 is 1.88 bits per heavy atom. The van der Waals surface area contributed by atoms with E-state index in [0.717, 1.165) is 19.4 Å². The lowest BCUT2D eigenvalue weighted by Gasteiger charge is -2.04. The first-order valence-electron chi connectivity index (χ1n) is 8.52. The van der Waals surface area contributed by atoms with Crippen LogP contribution in [0.4, 0.5) is 0 Å². The minimum atomic E-state index is -0.220. The molecule has 2 aromatic heterocycles. The Kier molecular flexibility index (Phi) is 8.84. The second kappa shape index (κ2) is 11.4. The molecule has 2 heterocycles. The van der Waals surface area contributed by atoms with Crippen LogP contribution < -0.4 is 5.56 Å². The molecule has 0 spiro atoms. The summed E-state index contributed by atoms with van der Waals surface area (Å²) in [4.78, 5) is 16.1. The number of nitrogens with zero attached hydrogens (tertiary/aromatic N) is 3. The molecule has 2 aromatic rings. The van der Waals surface area contributed by atoms with E-state index in [2.05, 4.69) is 28.8 Å². The zero-order chi connectivity index (χ0) is 18.6. The van der Waals surface area contributed by atoms with E-state index >= 15 is 0 Å². The second-order valence-corrected chi connectivity index (χ2v) is 5.88. The van der Waals surface area contributed by atoms with Gasteiger partial charge >= 0.3 is 0 Å². The van der Waals surface area contributed by atoms with E-state index in [1.165, 1.54) is 16.9 Å². The van der Waals surface area contributed by atoms with Crippen molar-refractivity contribution in [2.75, 3.05) is 26.4 Å². The maximum absolute atomic E-state index is 11.9. The smallest absolute Gasteiger partial charge is 0.267 e. The average molecular weight is 376 g/mol. The molecule has 0 saturated heterocycles. The first-order valence-corrected chi connectivity index (χ1v) is 8.90. The SMILES string of the molecule is CCCCOCCOCC#CCn1nc(-c2ccc(Cl)cn2)ccc1=O. The van der Waals surface area contributed by atoms with Crippen molar-refractivity contribution >= 4 is 11.6 Å². The number of halogens is 1. The van der Waals surface area contributed by atoms with E-state index in [1.807, 2.05) is 0 Å². The Labute approximate surface area is 158 Å². The van der Waals surface area contributed by atoms with Crippen molar-refractivity contribution in [3.63, 3.8) is 0 Å². The summed E-state index contributed by atoms with van der Waals surface area (Å²) in [6, 6.07) is 6.56. The molecule has 0 N–H and O–H groups in total. The highest BCUT2D eigenvalue weighted by Crippen LogP contribution is 2.14. The predicted octanol–water partition coefficient (Wildman–Crippen LogP) is 2.80. The van der Waals surface area contributed by atoms with Gasteiger partial charge in [0, 0.05) is 18.9 Å². The topological polar surface area (TPSA) is 66.2 Å². The molecule has 0 fully saturated rings. The van der Waals surface area contributed by atoms with Gasteiger partial charge in [-0.2, -0.15) is 5.10 Å². The van der Waals surface area contributed by atoms with Crippen molar-refractivity contribution in [3.05, 3.63) is 45.8 Å². The second-order valence-electron chi connectivity index (χ2n) is 5.45. The molecule has 0 amide bonds. The molecule has 0 bridgehead atoms. The molecule has 0 radical (unpaired) electrons. The molecule has 0 aromatic carbocycles. The van der Waals surface area contributed by atoms with Gasteiger partial charge in [0.25, 0.3) is 5.56 Å². The molecule has 0 unspecified atom stereocenters. The molecular weight excluding hydrogens is 354 g/mol. The predicted molar refractivity (Wildman–Crippen MR) is 101 cm³/mol. The normalized spacial score (nSPS) is 10.4. The molecule has 138 valence electrons. The van der Waals surface area contributed by atoms with E-state index in [-0.39, 0.29) is 12.1 Å². The van der Waals surface area contributed by atoms with Crippen molar-refractivity contribution in [2.45, 2.75) is 26.3 Å². The van der Waals surface area contributed by atoms with E-state index in [4.69, 9.17) is 21.1 Å². The Morgan fingerprint density at radius 1 is 1.08 bits per heavy atom. The Balaban J connectivity index is 1.82. The van der Waals surface area contributed by atoms with Gasteiger partial charge < -0.3 is 9.47 Å². The number of aromatic nitrogens is 3. The van der Waals surface area contributed by atoms with Gasteiger partial charge in [-0.1, -0.05) is 36.8 Å². The molecule has 7 heteroatoms. The highest BCUT2D eigenvalue weighted by molar-refractivity contribution is 6.30. The number of pyridine rings is 1. The van der Waals surface area contributed by atoms with Crippen molar-refractivity contribution in [2.24, 2.45) is 0 Å².